The highest BCUT2D eigenvalue weighted by Gasteiger charge is 2.21. The average Bonchev–Trinajstić information content (AvgIpc) is 3.35. The van der Waals surface area contributed by atoms with Crippen LogP contribution < -0.4 is 25.8 Å². The molecule has 0 saturated heterocycles. The molecule has 1 aliphatic carbocycles. The molecule has 1 fully saturated rings. The topological polar surface area (TPSA) is 98.0 Å². The molecule has 7 heteroatoms. The van der Waals surface area contributed by atoms with Gasteiger partial charge in [-0.2, -0.15) is 0 Å². The second-order valence-corrected chi connectivity index (χ2v) is 5.14. The number of amides is 1. The highest BCUT2D eigenvalue weighted by atomic mass is 16.5. The molecule has 0 heterocycles. The van der Waals surface area contributed by atoms with Crippen molar-refractivity contribution in [2.75, 3.05) is 32.6 Å². The summed E-state index contributed by atoms with van der Waals surface area (Å²) in [5, 5.41) is 5.74. The molecule has 2 rings (SSSR count). The third kappa shape index (κ3) is 4.83. The Balaban J connectivity index is 1.85. The Morgan fingerprint density at radius 3 is 2.68 bits per heavy atom. The van der Waals surface area contributed by atoms with Crippen LogP contribution in [0, 0.1) is 5.92 Å². The van der Waals surface area contributed by atoms with E-state index in [1.165, 1.54) is 12.8 Å². The first-order valence-corrected chi connectivity index (χ1v) is 7.18. The summed E-state index contributed by atoms with van der Waals surface area (Å²) in [6, 6.07) is 5.29. The number of aliphatic imine (C=N–C) groups is 1. The first-order valence-electron chi connectivity index (χ1n) is 7.18. The van der Waals surface area contributed by atoms with Crippen molar-refractivity contribution in [3.63, 3.8) is 0 Å². The molecule has 1 saturated carbocycles. The zero-order chi connectivity index (χ0) is 15.9. The van der Waals surface area contributed by atoms with Crippen LogP contribution in [0.3, 0.4) is 0 Å². The summed E-state index contributed by atoms with van der Waals surface area (Å²) in [5.41, 5.74) is 6.48. The molecule has 0 aliphatic heterocycles. The van der Waals surface area contributed by atoms with Crippen LogP contribution in [-0.2, 0) is 4.79 Å². The Morgan fingerprint density at radius 1 is 1.32 bits per heavy atom. The number of rotatable bonds is 7. The van der Waals surface area contributed by atoms with Crippen LogP contribution in [0.2, 0.25) is 0 Å². The van der Waals surface area contributed by atoms with Gasteiger partial charge in [0, 0.05) is 18.3 Å². The second kappa shape index (κ2) is 7.53. The van der Waals surface area contributed by atoms with Gasteiger partial charge in [-0.15, -0.1) is 0 Å². The molecule has 7 nitrogen and oxygen atoms in total. The first kappa shape index (κ1) is 15.9. The number of anilines is 1. The van der Waals surface area contributed by atoms with Crippen LogP contribution in [0.1, 0.15) is 12.8 Å². The fourth-order valence-electron chi connectivity index (χ4n) is 1.89. The van der Waals surface area contributed by atoms with Crippen LogP contribution in [0.4, 0.5) is 5.69 Å². The maximum Gasteiger partial charge on any atom is 0.241 e. The number of ether oxygens (including phenoxy) is 2. The smallest absolute Gasteiger partial charge is 0.241 e. The van der Waals surface area contributed by atoms with Gasteiger partial charge < -0.3 is 25.8 Å². The molecule has 0 radical (unpaired) electrons. The summed E-state index contributed by atoms with van der Waals surface area (Å²) in [5.74, 6) is 1.92. The lowest BCUT2D eigenvalue weighted by Crippen LogP contribution is -2.30. The molecule has 1 aromatic rings. The average molecular weight is 306 g/mol. The summed E-state index contributed by atoms with van der Waals surface area (Å²) in [4.78, 5) is 15.6. The molecule has 4 N–H and O–H groups in total. The Kier molecular flexibility index (Phi) is 5.46. The highest BCUT2D eigenvalue weighted by molar-refractivity contribution is 5.94. The van der Waals surface area contributed by atoms with E-state index in [-0.39, 0.29) is 18.4 Å². The van der Waals surface area contributed by atoms with Crippen molar-refractivity contribution < 1.29 is 14.3 Å². The van der Waals surface area contributed by atoms with Crippen LogP contribution >= 0.6 is 0 Å². The van der Waals surface area contributed by atoms with Crippen LogP contribution in [0.5, 0.6) is 11.5 Å². The Hall–Kier alpha value is -2.44. The molecular weight excluding hydrogens is 284 g/mol. The number of benzene rings is 1. The Bertz CT molecular complexity index is 556. The predicted molar refractivity (Wildman–Crippen MR) is 85.4 cm³/mol. The number of methoxy groups -OCH3 is 2. The summed E-state index contributed by atoms with van der Waals surface area (Å²) < 4.78 is 10.4. The molecule has 120 valence electrons. The number of nitrogens with one attached hydrogen (secondary N) is 2. The Morgan fingerprint density at radius 2 is 2.05 bits per heavy atom. The highest BCUT2D eigenvalue weighted by Crippen LogP contribution is 2.29. The number of nitrogens with zero attached hydrogens (tertiary/aromatic N) is 1. The van der Waals surface area contributed by atoms with E-state index >= 15 is 0 Å². The molecule has 0 spiro atoms. The fraction of sp³-hybridized carbons (Fsp3) is 0.467. The number of guanidine groups is 1. The standard InChI is InChI=1S/C15H22N4O3/c1-21-12-6-5-11(7-13(12)22-2)19-15(16)18-9-14(20)17-8-10-3-4-10/h5-7,10H,3-4,8-9H2,1-2H3,(H,17,20)(H3,16,18,19). The number of hydrogen-bond acceptors (Lipinski definition) is 4. The van der Waals surface area contributed by atoms with Gasteiger partial charge in [0.25, 0.3) is 0 Å². The van der Waals surface area contributed by atoms with Crippen molar-refractivity contribution in [3.8, 4) is 11.5 Å². The van der Waals surface area contributed by atoms with Gasteiger partial charge in [-0.1, -0.05) is 0 Å². The Labute approximate surface area is 129 Å². The normalized spacial score (nSPS) is 14.4. The monoisotopic (exact) mass is 306 g/mol. The molecule has 22 heavy (non-hydrogen) atoms. The minimum absolute atomic E-state index is 0.0127. The maximum atomic E-state index is 11.6. The lowest BCUT2D eigenvalue weighted by molar-refractivity contribution is -0.119. The van der Waals surface area contributed by atoms with E-state index in [0.29, 0.717) is 23.1 Å². The molecule has 0 unspecified atom stereocenters. The molecule has 1 amide bonds. The lowest BCUT2D eigenvalue weighted by Gasteiger charge is -2.11. The van der Waals surface area contributed by atoms with Crippen LogP contribution in [0.25, 0.3) is 0 Å². The van der Waals surface area contributed by atoms with Crippen molar-refractivity contribution in [1.82, 2.24) is 5.32 Å². The van der Waals surface area contributed by atoms with Gasteiger partial charge in [-0.25, -0.2) is 4.99 Å². The number of hydrogen-bond donors (Lipinski definition) is 3. The van der Waals surface area contributed by atoms with Crippen molar-refractivity contribution in [2.45, 2.75) is 12.8 Å². The maximum absolute atomic E-state index is 11.6. The van der Waals surface area contributed by atoms with Crippen molar-refractivity contribution in [1.29, 1.82) is 0 Å². The summed E-state index contributed by atoms with van der Waals surface area (Å²) in [7, 11) is 3.13. The van der Waals surface area contributed by atoms with Crippen molar-refractivity contribution in [3.05, 3.63) is 18.2 Å². The third-order valence-electron chi connectivity index (χ3n) is 3.33. The van der Waals surface area contributed by atoms with Gasteiger partial charge in [0.1, 0.15) is 6.54 Å². The van der Waals surface area contributed by atoms with E-state index in [1.54, 1.807) is 32.4 Å². The molecule has 0 bridgehead atoms. The van der Waals surface area contributed by atoms with Gasteiger partial charge in [0.2, 0.25) is 5.91 Å². The zero-order valence-electron chi connectivity index (χ0n) is 12.9. The number of carbonyl (C=O) groups is 1. The van der Waals surface area contributed by atoms with Crippen LogP contribution in [-0.4, -0.2) is 39.2 Å². The van der Waals surface area contributed by atoms with Gasteiger partial charge in [-0.3, -0.25) is 4.79 Å². The lowest BCUT2D eigenvalue weighted by atomic mass is 10.3. The van der Waals surface area contributed by atoms with Crippen LogP contribution in [0.15, 0.2) is 23.2 Å². The summed E-state index contributed by atoms with van der Waals surface area (Å²) >= 11 is 0. The summed E-state index contributed by atoms with van der Waals surface area (Å²) in [6.07, 6.45) is 2.40. The van der Waals surface area contributed by atoms with Gasteiger partial charge in [-0.05, 0) is 30.9 Å². The van der Waals surface area contributed by atoms with E-state index in [1.807, 2.05) is 0 Å². The number of carbonyl (C=O) groups excluding carboxylic acids is 1. The molecule has 1 aromatic carbocycles. The SMILES string of the molecule is COc1ccc(NC(N)=NCC(=O)NCC2CC2)cc1OC. The third-order valence-corrected chi connectivity index (χ3v) is 3.33. The zero-order valence-corrected chi connectivity index (χ0v) is 12.9. The second-order valence-electron chi connectivity index (χ2n) is 5.14. The largest absolute Gasteiger partial charge is 0.493 e. The van der Waals surface area contributed by atoms with E-state index in [9.17, 15) is 4.79 Å². The predicted octanol–water partition coefficient (Wildman–Crippen LogP) is 0.957. The fourth-order valence-corrected chi connectivity index (χ4v) is 1.89. The van der Waals surface area contributed by atoms with E-state index < -0.39 is 0 Å². The number of nitrogens with two attached hydrogens (primary N) is 1. The van der Waals surface area contributed by atoms with E-state index in [4.69, 9.17) is 15.2 Å². The minimum atomic E-state index is -0.121. The summed E-state index contributed by atoms with van der Waals surface area (Å²) in [6.45, 7) is 0.746. The van der Waals surface area contributed by atoms with Gasteiger partial charge in [0.15, 0.2) is 17.5 Å². The molecule has 0 aromatic heterocycles. The first-order chi connectivity index (χ1) is 10.6. The molecule has 0 atom stereocenters. The molecule has 1 aliphatic rings. The molecular formula is C15H22N4O3. The van der Waals surface area contributed by atoms with Crippen molar-refractivity contribution in [2.24, 2.45) is 16.6 Å². The van der Waals surface area contributed by atoms with Gasteiger partial charge >= 0.3 is 0 Å². The minimum Gasteiger partial charge on any atom is -0.493 e. The quantitative estimate of drug-likeness (QED) is 0.515. The van der Waals surface area contributed by atoms with E-state index in [0.717, 1.165) is 6.54 Å². The van der Waals surface area contributed by atoms with Gasteiger partial charge in [0.05, 0.1) is 14.2 Å². The van der Waals surface area contributed by atoms with Crippen molar-refractivity contribution >= 4 is 17.6 Å². The van der Waals surface area contributed by atoms with E-state index in [2.05, 4.69) is 15.6 Å².